The van der Waals surface area contributed by atoms with Crippen LogP contribution < -0.4 is 9.40 Å². The number of sulfonamides is 2. The summed E-state index contributed by atoms with van der Waals surface area (Å²) in [5, 5.41) is 3.79. The summed E-state index contributed by atoms with van der Waals surface area (Å²) >= 11 is 0. The maximum atomic E-state index is 13.0. The molecule has 2 rings (SSSR count). The molecule has 1 aromatic carbocycles. The lowest BCUT2D eigenvalue weighted by Gasteiger charge is -2.23. The van der Waals surface area contributed by atoms with Gasteiger partial charge in [-0.3, -0.25) is 0 Å². The van der Waals surface area contributed by atoms with Crippen LogP contribution in [0.25, 0.3) is 5.69 Å². The second kappa shape index (κ2) is 6.71. The van der Waals surface area contributed by atoms with E-state index in [1.54, 1.807) is 6.92 Å². The predicted molar refractivity (Wildman–Crippen MR) is 95.5 cm³/mol. The molecule has 0 radical (unpaired) electrons. The van der Waals surface area contributed by atoms with Gasteiger partial charge in [0.15, 0.2) is 0 Å². The van der Waals surface area contributed by atoms with Gasteiger partial charge in [0, 0.05) is 0 Å². The summed E-state index contributed by atoms with van der Waals surface area (Å²) < 4.78 is 75.3. The molecule has 1 aromatic heterocycles. The second-order valence-corrected chi connectivity index (χ2v) is 9.93. The third-order valence-electron chi connectivity index (χ3n) is 3.72. The fourth-order valence-electron chi connectivity index (χ4n) is 2.72. The Kier molecular flexibility index (Phi) is 5.22. The van der Waals surface area contributed by atoms with E-state index in [2.05, 4.69) is 5.10 Å². The minimum absolute atomic E-state index is 0.0135. The summed E-state index contributed by atoms with van der Waals surface area (Å²) in [7, 11) is -8.45. The monoisotopic (exact) mass is 424 g/mol. The second-order valence-electron chi connectivity index (χ2n) is 6.04. The number of anilines is 1. The number of hydrogen-bond donors (Lipinski definition) is 0. The quantitative estimate of drug-likeness (QED) is 0.710. The highest BCUT2D eigenvalue weighted by molar-refractivity contribution is 8.09. The van der Waals surface area contributed by atoms with Gasteiger partial charge in [-0.2, -0.15) is 22.3 Å². The van der Waals surface area contributed by atoms with Crippen LogP contribution >= 0.6 is 0 Å². The fraction of sp³-hybridized carbons (Fsp3) is 0.429. The molecule has 0 aliphatic rings. The molecule has 0 unspecified atom stereocenters. The number of rotatable bonds is 5. The molecule has 0 fully saturated rings. The summed E-state index contributed by atoms with van der Waals surface area (Å²) in [4.78, 5) is 12.3. The largest absolute Gasteiger partial charge is 0.355 e. The Bertz CT molecular complexity index is 1130. The summed E-state index contributed by atoms with van der Waals surface area (Å²) in [5.74, 6) is -0.250. The van der Waals surface area contributed by atoms with E-state index in [0.717, 1.165) is 18.6 Å². The zero-order valence-electron chi connectivity index (χ0n) is 15.1. The Hall–Kier alpha value is -2.28. The van der Waals surface area contributed by atoms with E-state index in [1.807, 2.05) is 0 Å². The summed E-state index contributed by atoms with van der Waals surface area (Å²) in [5.41, 5.74) is -0.660. The molecule has 0 saturated heterocycles. The van der Waals surface area contributed by atoms with Crippen molar-refractivity contribution in [1.82, 2.24) is 14.3 Å². The average Bonchev–Trinajstić information content (AvgIpc) is 2.73. The Morgan fingerprint density at radius 3 is 1.93 bits per heavy atom. The number of halogens is 2. The Morgan fingerprint density at radius 1 is 1.00 bits per heavy atom. The minimum Gasteiger partial charge on any atom is -0.245 e. The molecule has 0 aliphatic heterocycles. The number of nitrogens with zero attached hydrogens (tertiary/aromatic N) is 4. The van der Waals surface area contributed by atoms with E-state index in [1.165, 1.54) is 19.9 Å². The highest BCUT2D eigenvalue weighted by Crippen LogP contribution is 2.29. The molecular weight excluding hydrogens is 406 g/mol. The van der Waals surface area contributed by atoms with Gasteiger partial charge in [-0.05, 0) is 38.0 Å². The van der Waals surface area contributed by atoms with Gasteiger partial charge >= 0.3 is 12.2 Å². The lowest BCUT2D eigenvalue weighted by Crippen LogP contribution is -2.36. The SMILES string of the molecule is Cc1cc(C)c(-n2nc(C)n(C(F)F)c2=O)cc1N(S(C)(=O)=O)S(C)(=O)=O. The Morgan fingerprint density at radius 2 is 1.52 bits per heavy atom. The van der Waals surface area contributed by atoms with Crippen LogP contribution in [0.1, 0.15) is 23.5 Å². The van der Waals surface area contributed by atoms with E-state index in [0.29, 0.717) is 15.8 Å². The molecule has 0 atom stereocenters. The molecule has 13 heteroatoms. The summed E-state index contributed by atoms with van der Waals surface area (Å²) in [6, 6.07) is 2.56. The number of aromatic nitrogens is 3. The van der Waals surface area contributed by atoms with Crippen LogP contribution in [0.3, 0.4) is 0 Å². The standard InChI is InChI=1S/C14H18F2N4O5S2/c1-8-6-9(2)12(20(26(4,22)23)27(5,24)25)7-11(8)19-14(21)18(13(15)16)10(3)17-19/h6-7,13H,1-5H3. The maximum Gasteiger partial charge on any atom is 0.355 e. The molecule has 27 heavy (non-hydrogen) atoms. The van der Waals surface area contributed by atoms with Crippen LogP contribution in [-0.2, 0) is 20.0 Å². The van der Waals surface area contributed by atoms with Gasteiger partial charge in [0.05, 0.1) is 23.9 Å². The Balaban J connectivity index is 2.86. The van der Waals surface area contributed by atoms with Crippen molar-refractivity contribution < 1.29 is 25.6 Å². The molecular formula is C14H18F2N4O5S2. The molecule has 2 aromatic rings. The zero-order chi connectivity index (χ0) is 20.9. The predicted octanol–water partition coefficient (Wildman–Crippen LogP) is 1.08. The molecule has 1 heterocycles. The number of benzene rings is 1. The van der Waals surface area contributed by atoms with Gasteiger partial charge in [-0.15, -0.1) is 0 Å². The van der Waals surface area contributed by atoms with Gasteiger partial charge in [-0.25, -0.2) is 26.2 Å². The third-order valence-corrected chi connectivity index (χ3v) is 6.94. The number of alkyl halides is 2. The Labute approximate surface area is 154 Å². The highest BCUT2D eigenvalue weighted by atomic mass is 32.3. The summed E-state index contributed by atoms with van der Waals surface area (Å²) in [6.45, 7) is 1.15. The van der Waals surface area contributed by atoms with Crippen molar-refractivity contribution in [2.75, 3.05) is 16.2 Å². The topological polar surface area (TPSA) is 111 Å². The van der Waals surface area contributed by atoms with Gasteiger partial charge in [0.25, 0.3) is 0 Å². The molecule has 150 valence electrons. The molecule has 0 N–H and O–H groups in total. The van der Waals surface area contributed by atoms with E-state index in [-0.39, 0.29) is 25.5 Å². The van der Waals surface area contributed by atoms with Gasteiger partial charge in [0.1, 0.15) is 5.82 Å². The van der Waals surface area contributed by atoms with Crippen molar-refractivity contribution >= 4 is 25.7 Å². The first-order valence-electron chi connectivity index (χ1n) is 7.44. The van der Waals surface area contributed by atoms with Crippen molar-refractivity contribution in [3.05, 3.63) is 39.6 Å². The van der Waals surface area contributed by atoms with Gasteiger partial charge in [-0.1, -0.05) is 6.07 Å². The lowest BCUT2D eigenvalue weighted by atomic mass is 10.1. The lowest BCUT2D eigenvalue weighted by molar-refractivity contribution is 0.0640. The van der Waals surface area contributed by atoms with Crippen molar-refractivity contribution in [2.45, 2.75) is 27.3 Å². The van der Waals surface area contributed by atoms with Crippen LogP contribution in [0, 0.1) is 20.8 Å². The van der Waals surface area contributed by atoms with Crippen molar-refractivity contribution in [3.8, 4) is 5.69 Å². The van der Waals surface area contributed by atoms with Crippen LogP contribution in [0.15, 0.2) is 16.9 Å². The molecule has 0 amide bonds. The van der Waals surface area contributed by atoms with Crippen molar-refractivity contribution in [3.63, 3.8) is 0 Å². The summed E-state index contributed by atoms with van der Waals surface area (Å²) in [6.07, 6.45) is 1.43. The first-order valence-corrected chi connectivity index (χ1v) is 11.1. The van der Waals surface area contributed by atoms with E-state index in [4.69, 9.17) is 0 Å². The first kappa shape index (κ1) is 21.0. The first-order chi connectivity index (χ1) is 12.2. The number of hydrogen-bond acceptors (Lipinski definition) is 6. The van der Waals surface area contributed by atoms with Gasteiger partial charge in [0.2, 0.25) is 20.0 Å². The molecule has 9 nitrogen and oxygen atoms in total. The van der Waals surface area contributed by atoms with Gasteiger partial charge < -0.3 is 0 Å². The third kappa shape index (κ3) is 3.88. The molecule has 0 aliphatic carbocycles. The smallest absolute Gasteiger partial charge is 0.245 e. The van der Waals surface area contributed by atoms with Crippen LogP contribution in [-0.4, -0.2) is 43.7 Å². The zero-order valence-corrected chi connectivity index (χ0v) is 16.8. The molecule has 0 spiro atoms. The van der Waals surface area contributed by atoms with E-state index in [9.17, 15) is 30.4 Å². The van der Waals surface area contributed by atoms with Crippen LogP contribution in [0.2, 0.25) is 0 Å². The van der Waals surface area contributed by atoms with Crippen molar-refractivity contribution in [2.24, 2.45) is 0 Å². The minimum atomic E-state index is -4.22. The molecule has 0 saturated carbocycles. The van der Waals surface area contributed by atoms with Crippen LogP contribution in [0.5, 0.6) is 0 Å². The highest BCUT2D eigenvalue weighted by Gasteiger charge is 2.30. The normalized spacial score (nSPS) is 12.6. The van der Waals surface area contributed by atoms with Crippen molar-refractivity contribution in [1.29, 1.82) is 0 Å². The molecule has 0 bridgehead atoms. The average molecular weight is 424 g/mol. The van der Waals surface area contributed by atoms with Crippen LogP contribution in [0.4, 0.5) is 14.5 Å². The van der Waals surface area contributed by atoms with E-state index >= 15 is 0 Å². The van der Waals surface area contributed by atoms with E-state index < -0.39 is 32.3 Å². The maximum absolute atomic E-state index is 13.0. The fourth-order valence-corrected chi connectivity index (χ4v) is 5.79. The number of aryl methyl sites for hydroxylation is 3.